The van der Waals surface area contributed by atoms with Crippen molar-refractivity contribution in [2.45, 2.75) is 6.42 Å². The Bertz CT molecular complexity index is 1260. The molecule has 0 unspecified atom stereocenters. The molecule has 0 aliphatic carbocycles. The van der Waals surface area contributed by atoms with Gasteiger partial charge < -0.3 is 5.11 Å². The zero-order valence-corrected chi connectivity index (χ0v) is 14.6. The average molecular weight is 374 g/mol. The number of fused-ring (bicyclic) bond motifs is 1. The molecule has 1 heterocycles. The Kier molecular flexibility index (Phi) is 4.45. The van der Waals surface area contributed by atoms with Crippen LogP contribution in [0.2, 0.25) is 0 Å². The van der Waals surface area contributed by atoms with Crippen molar-refractivity contribution in [2.75, 3.05) is 0 Å². The van der Waals surface area contributed by atoms with E-state index >= 15 is 0 Å². The number of hydrogen-bond donors (Lipinski definition) is 2. The van der Waals surface area contributed by atoms with Crippen molar-refractivity contribution in [2.24, 2.45) is 0 Å². The van der Waals surface area contributed by atoms with Crippen LogP contribution in [0.1, 0.15) is 21.6 Å². The van der Waals surface area contributed by atoms with Crippen molar-refractivity contribution < 1.29 is 14.3 Å². The molecule has 2 N–H and O–H groups in total. The zero-order valence-electron chi connectivity index (χ0n) is 14.6. The van der Waals surface area contributed by atoms with Crippen LogP contribution in [0.5, 0.6) is 0 Å². The number of aromatic nitrogens is 2. The molecule has 5 nitrogen and oxygen atoms in total. The number of carboxylic acids is 1. The summed E-state index contributed by atoms with van der Waals surface area (Å²) in [5.41, 5.74) is 2.10. The van der Waals surface area contributed by atoms with Gasteiger partial charge in [0.05, 0.1) is 16.6 Å². The molecule has 3 aromatic carbocycles. The number of nitrogens with zero attached hydrogens (tertiary/aromatic N) is 1. The minimum absolute atomic E-state index is 0.0931. The van der Waals surface area contributed by atoms with Crippen molar-refractivity contribution in [3.8, 4) is 11.1 Å². The smallest absolute Gasteiger partial charge is 0.335 e. The molecule has 0 saturated carbocycles. The highest BCUT2D eigenvalue weighted by atomic mass is 19.1. The number of aromatic amines is 1. The lowest BCUT2D eigenvalue weighted by Crippen LogP contribution is -2.11. The summed E-state index contributed by atoms with van der Waals surface area (Å²) in [7, 11) is 0. The highest BCUT2D eigenvalue weighted by Crippen LogP contribution is 2.26. The largest absolute Gasteiger partial charge is 0.478 e. The Morgan fingerprint density at radius 3 is 2.57 bits per heavy atom. The van der Waals surface area contributed by atoms with Crippen molar-refractivity contribution in [3.05, 3.63) is 99.7 Å². The first kappa shape index (κ1) is 17.6. The predicted octanol–water partition coefficient (Wildman–Crippen LogP) is 4.02. The Morgan fingerprint density at radius 2 is 1.79 bits per heavy atom. The van der Waals surface area contributed by atoms with Crippen LogP contribution in [-0.4, -0.2) is 21.3 Å². The van der Waals surface area contributed by atoms with E-state index in [9.17, 15) is 14.0 Å². The molecule has 0 bridgehead atoms. The van der Waals surface area contributed by atoms with E-state index in [2.05, 4.69) is 10.2 Å². The van der Waals surface area contributed by atoms with E-state index in [0.717, 1.165) is 10.9 Å². The van der Waals surface area contributed by atoms with E-state index < -0.39 is 11.8 Å². The van der Waals surface area contributed by atoms with Gasteiger partial charge in [-0.2, -0.15) is 5.10 Å². The number of carboxylic acid groups (broad SMARTS) is 1. The topological polar surface area (TPSA) is 83.0 Å². The summed E-state index contributed by atoms with van der Waals surface area (Å²) in [6.07, 6.45) is 0.392. The average Bonchev–Trinajstić information content (AvgIpc) is 2.72. The zero-order chi connectivity index (χ0) is 19.7. The van der Waals surface area contributed by atoms with Crippen LogP contribution in [-0.2, 0) is 6.42 Å². The Hall–Kier alpha value is -3.80. The number of rotatable bonds is 4. The second kappa shape index (κ2) is 7.08. The maximum atomic E-state index is 14.4. The summed E-state index contributed by atoms with van der Waals surface area (Å²) >= 11 is 0. The van der Waals surface area contributed by atoms with Gasteiger partial charge in [0.15, 0.2) is 0 Å². The molecular formula is C22H15FN2O3. The van der Waals surface area contributed by atoms with E-state index in [1.165, 1.54) is 18.2 Å². The van der Waals surface area contributed by atoms with Crippen LogP contribution in [0.25, 0.3) is 21.9 Å². The van der Waals surface area contributed by atoms with E-state index in [1.807, 2.05) is 12.1 Å². The predicted molar refractivity (Wildman–Crippen MR) is 104 cm³/mol. The van der Waals surface area contributed by atoms with Gasteiger partial charge in [-0.3, -0.25) is 4.79 Å². The minimum Gasteiger partial charge on any atom is -0.478 e. The fourth-order valence-corrected chi connectivity index (χ4v) is 3.22. The van der Waals surface area contributed by atoms with Crippen molar-refractivity contribution in [1.29, 1.82) is 0 Å². The molecule has 1 aromatic heterocycles. The Balaban J connectivity index is 1.77. The molecule has 6 heteroatoms. The van der Waals surface area contributed by atoms with Gasteiger partial charge in [0, 0.05) is 17.4 Å². The summed E-state index contributed by atoms with van der Waals surface area (Å²) in [4.78, 5) is 23.1. The van der Waals surface area contributed by atoms with E-state index in [-0.39, 0.29) is 11.1 Å². The van der Waals surface area contributed by atoms with Crippen LogP contribution in [0.3, 0.4) is 0 Å². The third kappa shape index (κ3) is 3.27. The maximum Gasteiger partial charge on any atom is 0.335 e. The van der Waals surface area contributed by atoms with Gasteiger partial charge >= 0.3 is 5.97 Å². The molecule has 4 rings (SSSR count). The third-order valence-corrected chi connectivity index (χ3v) is 4.60. The summed E-state index contributed by atoms with van der Waals surface area (Å²) in [6, 6.07) is 18.0. The summed E-state index contributed by atoms with van der Waals surface area (Å²) in [5, 5.41) is 17.1. The fourth-order valence-electron chi connectivity index (χ4n) is 3.22. The number of benzene rings is 3. The Morgan fingerprint density at radius 1 is 1.00 bits per heavy atom. The fraction of sp³-hybridized carbons (Fsp3) is 0.0455. The molecule has 28 heavy (non-hydrogen) atoms. The molecule has 0 spiro atoms. The van der Waals surface area contributed by atoms with E-state index in [4.69, 9.17) is 5.11 Å². The van der Waals surface area contributed by atoms with Gasteiger partial charge in [0.25, 0.3) is 5.56 Å². The van der Waals surface area contributed by atoms with E-state index in [1.54, 1.807) is 36.4 Å². The number of aromatic carboxylic acids is 1. The second-order valence-electron chi connectivity index (χ2n) is 6.42. The first-order chi connectivity index (χ1) is 13.5. The molecule has 138 valence electrons. The number of H-pyrrole nitrogens is 1. The summed E-state index contributed by atoms with van der Waals surface area (Å²) in [5.74, 6) is -1.51. The Labute approximate surface area is 159 Å². The molecule has 4 aromatic rings. The van der Waals surface area contributed by atoms with Gasteiger partial charge in [0.1, 0.15) is 5.82 Å². The number of hydrogen-bond acceptors (Lipinski definition) is 3. The van der Waals surface area contributed by atoms with Gasteiger partial charge in [-0.05, 0) is 41.5 Å². The van der Waals surface area contributed by atoms with Crippen molar-refractivity contribution in [1.82, 2.24) is 10.2 Å². The lowest BCUT2D eigenvalue weighted by Gasteiger charge is -2.09. The highest BCUT2D eigenvalue weighted by molar-refractivity contribution is 5.89. The SMILES string of the molecule is O=C(O)c1cccc(-c2cc(Cc3n[nH]c(=O)c4ccccc34)ccc2F)c1. The van der Waals surface area contributed by atoms with E-state index in [0.29, 0.717) is 28.6 Å². The van der Waals surface area contributed by atoms with Crippen LogP contribution < -0.4 is 5.56 Å². The third-order valence-electron chi connectivity index (χ3n) is 4.60. The van der Waals surface area contributed by atoms with Gasteiger partial charge in [0.2, 0.25) is 0 Å². The molecule has 0 saturated heterocycles. The molecular weight excluding hydrogens is 359 g/mol. The lowest BCUT2D eigenvalue weighted by molar-refractivity contribution is 0.0697. The van der Waals surface area contributed by atoms with Crippen LogP contribution in [0, 0.1) is 5.82 Å². The van der Waals surface area contributed by atoms with Crippen molar-refractivity contribution in [3.63, 3.8) is 0 Å². The summed E-state index contributed by atoms with van der Waals surface area (Å²) < 4.78 is 14.4. The monoisotopic (exact) mass is 374 g/mol. The number of nitrogens with one attached hydrogen (secondary N) is 1. The molecule has 0 amide bonds. The van der Waals surface area contributed by atoms with Crippen molar-refractivity contribution >= 4 is 16.7 Å². The minimum atomic E-state index is -1.07. The van der Waals surface area contributed by atoms with Crippen LogP contribution in [0.15, 0.2) is 71.5 Å². The molecule has 0 radical (unpaired) electrons. The molecule has 0 fully saturated rings. The van der Waals surface area contributed by atoms with Gasteiger partial charge in [-0.15, -0.1) is 0 Å². The summed E-state index contributed by atoms with van der Waals surface area (Å²) in [6.45, 7) is 0. The highest BCUT2D eigenvalue weighted by Gasteiger charge is 2.12. The van der Waals surface area contributed by atoms with Crippen LogP contribution >= 0.6 is 0 Å². The molecule has 0 aliphatic heterocycles. The molecule has 0 atom stereocenters. The number of halogens is 1. The standard InChI is InChI=1S/C22H15FN2O3/c23-19-9-8-13(10-18(19)14-4-3-5-15(12-14)22(27)28)11-20-16-6-1-2-7-17(16)21(26)25-24-20/h1-10,12H,11H2,(H,25,26)(H,27,28). The van der Waals surface area contributed by atoms with Gasteiger partial charge in [-0.25, -0.2) is 14.3 Å². The lowest BCUT2D eigenvalue weighted by atomic mass is 9.98. The molecule has 0 aliphatic rings. The second-order valence-corrected chi connectivity index (χ2v) is 6.42. The first-order valence-corrected chi connectivity index (χ1v) is 8.61. The quantitative estimate of drug-likeness (QED) is 0.565. The normalized spacial score (nSPS) is 10.9. The van der Waals surface area contributed by atoms with Gasteiger partial charge in [-0.1, -0.05) is 36.4 Å². The first-order valence-electron chi connectivity index (χ1n) is 8.61. The maximum absolute atomic E-state index is 14.4. The van der Waals surface area contributed by atoms with Crippen LogP contribution in [0.4, 0.5) is 4.39 Å². The number of carbonyl (C=O) groups is 1.